The fourth-order valence-corrected chi connectivity index (χ4v) is 3.86. The Kier molecular flexibility index (Phi) is 4.17. The van der Waals surface area contributed by atoms with Gasteiger partial charge in [-0.3, -0.25) is 0 Å². The molecule has 0 bridgehead atoms. The quantitative estimate of drug-likeness (QED) is 0.792. The van der Waals surface area contributed by atoms with Crippen LogP contribution in [0.3, 0.4) is 0 Å². The Labute approximate surface area is 115 Å². The third-order valence-electron chi connectivity index (χ3n) is 2.87. The van der Waals surface area contributed by atoms with E-state index in [9.17, 15) is 8.42 Å². The van der Waals surface area contributed by atoms with E-state index in [1.165, 1.54) is 0 Å². The lowest BCUT2D eigenvalue weighted by Crippen LogP contribution is -2.18. The summed E-state index contributed by atoms with van der Waals surface area (Å²) in [6, 6.07) is 5.63. The predicted molar refractivity (Wildman–Crippen MR) is 73.3 cm³/mol. The van der Waals surface area contributed by atoms with E-state index in [1.54, 1.807) is 7.11 Å². The summed E-state index contributed by atoms with van der Waals surface area (Å²) in [6.07, 6.45) is 0.282. The van der Waals surface area contributed by atoms with E-state index in [4.69, 9.17) is 9.47 Å². The molecule has 2 rings (SSSR count). The molecule has 1 unspecified atom stereocenters. The fraction of sp³-hybridized carbons (Fsp3) is 0.500. The lowest BCUT2D eigenvalue weighted by Gasteiger charge is -2.15. The molecule has 0 amide bonds. The van der Waals surface area contributed by atoms with Gasteiger partial charge in [0.05, 0.1) is 18.6 Å². The van der Waals surface area contributed by atoms with Crippen LogP contribution in [0.15, 0.2) is 18.2 Å². The maximum Gasteiger partial charge on any atom is 0.161 e. The van der Waals surface area contributed by atoms with Gasteiger partial charge in [-0.25, -0.2) is 8.42 Å². The van der Waals surface area contributed by atoms with Gasteiger partial charge < -0.3 is 9.47 Å². The SMILES string of the molecule is COc1cc(CBr)ccc1OC1CCS(=O)(=O)C1. The molecule has 0 spiro atoms. The van der Waals surface area contributed by atoms with Gasteiger partial charge in [-0.05, 0) is 24.1 Å². The van der Waals surface area contributed by atoms with E-state index >= 15 is 0 Å². The molecule has 1 atom stereocenters. The summed E-state index contributed by atoms with van der Waals surface area (Å²) in [5, 5.41) is 0.738. The average Bonchev–Trinajstić information content (AvgIpc) is 2.69. The Morgan fingerprint density at radius 1 is 1.39 bits per heavy atom. The lowest BCUT2D eigenvalue weighted by atomic mass is 10.2. The zero-order valence-corrected chi connectivity index (χ0v) is 12.5. The molecule has 100 valence electrons. The minimum atomic E-state index is -2.92. The number of hydrogen-bond donors (Lipinski definition) is 0. The Hall–Kier alpha value is -0.750. The van der Waals surface area contributed by atoms with Crippen molar-refractivity contribution in [3.05, 3.63) is 23.8 Å². The van der Waals surface area contributed by atoms with E-state index in [2.05, 4.69) is 15.9 Å². The molecule has 4 nitrogen and oxygen atoms in total. The smallest absolute Gasteiger partial charge is 0.161 e. The monoisotopic (exact) mass is 334 g/mol. The van der Waals surface area contributed by atoms with Crippen LogP contribution in [0.25, 0.3) is 0 Å². The minimum Gasteiger partial charge on any atom is -0.493 e. The first-order valence-corrected chi connectivity index (χ1v) is 8.58. The second-order valence-electron chi connectivity index (χ2n) is 4.26. The molecule has 0 radical (unpaired) electrons. The molecule has 1 heterocycles. The lowest BCUT2D eigenvalue weighted by molar-refractivity contribution is 0.218. The summed E-state index contributed by atoms with van der Waals surface area (Å²) in [4.78, 5) is 0. The number of alkyl halides is 1. The Morgan fingerprint density at radius 3 is 2.72 bits per heavy atom. The Balaban J connectivity index is 2.14. The van der Waals surface area contributed by atoms with Crippen molar-refractivity contribution in [2.24, 2.45) is 0 Å². The number of sulfone groups is 1. The summed E-state index contributed by atoms with van der Waals surface area (Å²) in [5.74, 6) is 1.54. The van der Waals surface area contributed by atoms with Gasteiger partial charge in [0.15, 0.2) is 21.3 Å². The molecular formula is C12H15BrO4S. The van der Waals surface area contributed by atoms with Gasteiger partial charge in [-0.15, -0.1) is 0 Å². The summed E-state index contributed by atoms with van der Waals surface area (Å²) < 4.78 is 33.7. The number of hydrogen-bond acceptors (Lipinski definition) is 4. The van der Waals surface area contributed by atoms with Crippen molar-refractivity contribution in [1.29, 1.82) is 0 Å². The highest BCUT2D eigenvalue weighted by molar-refractivity contribution is 9.08. The summed E-state index contributed by atoms with van der Waals surface area (Å²) in [6.45, 7) is 0. The van der Waals surface area contributed by atoms with Crippen molar-refractivity contribution in [3.8, 4) is 11.5 Å². The zero-order valence-electron chi connectivity index (χ0n) is 10.1. The maximum atomic E-state index is 11.4. The van der Waals surface area contributed by atoms with Crippen molar-refractivity contribution in [3.63, 3.8) is 0 Å². The highest BCUT2D eigenvalue weighted by Gasteiger charge is 2.29. The van der Waals surface area contributed by atoms with E-state index in [0.717, 1.165) is 10.9 Å². The number of methoxy groups -OCH3 is 1. The first-order valence-electron chi connectivity index (χ1n) is 5.64. The fourth-order valence-electron chi connectivity index (χ4n) is 1.93. The van der Waals surface area contributed by atoms with Crippen LogP contribution in [0.5, 0.6) is 11.5 Å². The van der Waals surface area contributed by atoms with Gasteiger partial charge in [-0.2, -0.15) is 0 Å². The van der Waals surface area contributed by atoms with Crippen molar-refractivity contribution in [2.75, 3.05) is 18.6 Å². The molecule has 1 aliphatic rings. The summed E-state index contributed by atoms with van der Waals surface area (Å²) in [7, 11) is -1.35. The van der Waals surface area contributed by atoms with Crippen molar-refractivity contribution in [1.82, 2.24) is 0 Å². The third-order valence-corrected chi connectivity index (χ3v) is 5.25. The van der Waals surface area contributed by atoms with E-state index in [0.29, 0.717) is 17.9 Å². The first kappa shape index (κ1) is 13.7. The van der Waals surface area contributed by atoms with E-state index < -0.39 is 9.84 Å². The molecule has 1 saturated heterocycles. The second-order valence-corrected chi connectivity index (χ2v) is 7.05. The number of rotatable bonds is 4. The molecular weight excluding hydrogens is 320 g/mol. The van der Waals surface area contributed by atoms with Gasteiger partial charge in [-0.1, -0.05) is 22.0 Å². The Bertz CT molecular complexity index is 527. The van der Waals surface area contributed by atoms with Crippen LogP contribution in [0.4, 0.5) is 0 Å². The molecule has 6 heteroatoms. The van der Waals surface area contributed by atoms with Gasteiger partial charge >= 0.3 is 0 Å². The number of benzene rings is 1. The second kappa shape index (κ2) is 5.48. The molecule has 1 aliphatic heterocycles. The number of halogens is 1. The van der Waals surface area contributed by atoms with Crippen molar-refractivity contribution in [2.45, 2.75) is 17.9 Å². The van der Waals surface area contributed by atoms with E-state index in [1.807, 2.05) is 18.2 Å². The summed E-state index contributed by atoms with van der Waals surface area (Å²) >= 11 is 3.37. The largest absolute Gasteiger partial charge is 0.493 e. The standard InChI is InChI=1S/C12H15BrO4S/c1-16-12-6-9(7-13)2-3-11(12)17-10-4-5-18(14,15)8-10/h2-3,6,10H,4-5,7-8H2,1H3. The highest BCUT2D eigenvalue weighted by atomic mass is 79.9. The van der Waals surface area contributed by atoms with Crippen LogP contribution in [0.2, 0.25) is 0 Å². The zero-order chi connectivity index (χ0) is 13.2. The highest BCUT2D eigenvalue weighted by Crippen LogP contribution is 2.31. The molecule has 0 N–H and O–H groups in total. The third kappa shape index (κ3) is 3.17. The van der Waals surface area contributed by atoms with Gasteiger partial charge in [0.1, 0.15) is 6.10 Å². The molecule has 1 aromatic carbocycles. The molecule has 0 aliphatic carbocycles. The van der Waals surface area contributed by atoms with Crippen LogP contribution >= 0.6 is 15.9 Å². The molecule has 1 aromatic rings. The van der Waals surface area contributed by atoms with Crippen LogP contribution in [-0.2, 0) is 15.2 Å². The normalized spacial score (nSPS) is 21.8. The van der Waals surface area contributed by atoms with Crippen LogP contribution in [-0.4, -0.2) is 33.1 Å². The molecule has 0 saturated carbocycles. The average molecular weight is 335 g/mol. The van der Waals surface area contributed by atoms with Crippen LogP contribution in [0.1, 0.15) is 12.0 Å². The van der Waals surface area contributed by atoms with E-state index in [-0.39, 0.29) is 17.6 Å². The first-order chi connectivity index (χ1) is 8.54. The molecule has 18 heavy (non-hydrogen) atoms. The molecule has 0 aromatic heterocycles. The van der Waals surface area contributed by atoms with Crippen molar-refractivity contribution >= 4 is 25.8 Å². The van der Waals surface area contributed by atoms with Gasteiger partial charge in [0, 0.05) is 5.33 Å². The van der Waals surface area contributed by atoms with Crippen LogP contribution in [0, 0.1) is 0 Å². The predicted octanol–water partition coefficient (Wildman–Crippen LogP) is 2.16. The van der Waals surface area contributed by atoms with Gasteiger partial charge in [0.25, 0.3) is 0 Å². The Morgan fingerprint density at radius 2 is 2.17 bits per heavy atom. The molecule has 1 fully saturated rings. The van der Waals surface area contributed by atoms with Crippen molar-refractivity contribution < 1.29 is 17.9 Å². The number of ether oxygens (including phenoxy) is 2. The topological polar surface area (TPSA) is 52.6 Å². The van der Waals surface area contributed by atoms with Gasteiger partial charge in [0.2, 0.25) is 0 Å². The van der Waals surface area contributed by atoms with Crippen LogP contribution < -0.4 is 9.47 Å². The maximum absolute atomic E-state index is 11.4. The minimum absolute atomic E-state index is 0.0936. The summed E-state index contributed by atoms with van der Waals surface area (Å²) in [5.41, 5.74) is 1.08.